The third kappa shape index (κ3) is 5.42. The van der Waals surface area contributed by atoms with Crippen molar-refractivity contribution in [3.05, 3.63) is 78.4 Å². The molecule has 0 bridgehead atoms. The first-order valence-corrected chi connectivity index (χ1v) is 14.0. The van der Waals surface area contributed by atoms with E-state index in [1.807, 2.05) is 27.4 Å². The number of nitrogens with two attached hydrogens (primary N) is 1. The van der Waals surface area contributed by atoms with Crippen molar-refractivity contribution in [1.29, 1.82) is 0 Å². The lowest BCUT2D eigenvalue weighted by Crippen LogP contribution is -2.37. The van der Waals surface area contributed by atoms with Crippen LogP contribution in [0.3, 0.4) is 0 Å². The summed E-state index contributed by atoms with van der Waals surface area (Å²) < 4.78 is 8.84. The molecule has 0 spiro atoms. The summed E-state index contributed by atoms with van der Waals surface area (Å²) in [5, 5.41) is 10.5. The Kier molecular flexibility index (Phi) is 7.46. The lowest BCUT2D eigenvalue weighted by atomic mass is 9.97. The summed E-state index contributed by atoms with van der Waals surface area (Å²) in [5.74, 6) is 0.449. The average Bonchev–Trinajstić information content (AvgIpc) is 3.57. The Morgan fingerprint density at radius 2 is 1.90 bits per heavy atom. The summed E-state index contributed by atoms with van der Waals surface area (Å²) in [6.45, 7) is 3.66. The number of benzene rings is 2. The van der Waals surface area contributed by atoms with E-state index in [0.717, 1.165) is 91.5 Å². The van der Waals surface area contributed by atoms with Crippen LogP contribution in [0.2, 0.25) is 0 Å². The first kappa shape index (κ1) is 26.0. The number of methoxy groups -OCH3 is 1. The molecule has 4 heterocycles. The lowest BCUT2D eigenvalue weighted by Gasteiger charge is -2.30. The molecule has 0 radical (unpaired) electrons. The quantitative estimate of drug-likeness (QED) is 0.217. The maximum absolute atomic E-state index is 11.8. The minimum atomic E-state index is -0.0727. The molecule has 0 atom stereocenters. The van der Waals surface area contributed by atoms with Crippen molar-refractivity contribution >= 4 is 28.2 Å². The van der Waals surface area contributed by atoms with E-state index in [1.54, 1.807) is 0 Å². The van der Waals surface area contributed by atoms with Crippen molar-refractivity contribution in [2.75, 3.05) is 32.5 Å². The number of esters is 1. The first-order valence-electron chi connectivity index (χ1n) is 14.0. The summed E-state index contributed by atoms with van der Waals surface area (Å²) in [5.41, 5.74) is 12.6. The number of aryl methyl sites for hydroxylation is 1. The van der Waals surface area contributed by atoms with Gasteiger partial charge in [-0.1, -0.05) is 42.5 Å². The molecule has 0 aliphatic carbocycles. The van der Waals surface area contributed by atoms with Crippen LogP contribution in [0.4, 0.5) is 5.82 Å². The van der Waals surface area contributed by atoms with Gasteiger partial charge in [0.2, 0.25) is 0 Å². The number of aromatic nitrogens is 5. The van der Waals surface area contributed by atoms with Gasteiger partial charge >= 0.3 is 5.97 Å². The molecule has 2 N–H and O–H groups in total. The zero-order valence-corrected chi connectivity index (χ0v) is 22.9. The van der Waals surface area contributed by atoms with Gasteiger partial charge in [-0.3, -0.25) is 9.48 Å². The monoisotopic (exact) mass is 537 g/mol. The van der Waals surface area contributed by atoms with Crippen molar-refractivity contribution in [3.63, 3.8) is 0 Å². The Morgan fingerprint density at radius 3 is 2.70 bits per heavy atom. The van der Waals surface area contributed by atoms with E-state index in [1.165, 1.54) is 19.0 Å². The van der Waals surface area contributed by atoms with Gasteiger partial charge in [0, 0.05) is 22.8 Å². The van der Waals surface area contributed by atoms with Gasteiger partial charge in [0.25, 0.3) is 0 Å². The Bertz CT molecular complexity index is 1620. The molecule has 6 rings (SSSR count). The molecule has 9 heteroatoms. The number of carbonyl (C=O) groups is 1. The van der Waals surface area contributed by atoms with E-state index in [9.17, 15) is 4.79 Å². The molecule has 0 amide bonds. The SMILES string of the molecule is COC(=O)C1CCN(CCCCc2cc(-c3ccc4cn(Cc5ccccc5)nc4c3)c3c(N)ncnn23)CC1. The molecular weight excluding hydrogens is 502 g/mol. The number of carbonyl (C=O) groups excluding carboxylic acids is 1. The number of fused-ring (bicyclic) bond motifs is 2. The molecule has 206 valence electrons. The maximum atomic E-state index is 11.8. The molecule has 1 aliphatic heterocycles. The summed E-state index contributed by atoms with van der Waals surface area (Å²) in [4.78, 5) is 18.5. The molecule has 40 heavy (non-hydrogen) atoms. The van der Waals surface area contributed by atoms with Crippen molar-refractivity contribution in [2.24, 2.45) is 5.92 Å². The molecule has 2 aromatic carbocycles. The summed E-state index contributed by atoms with van der Waals surface area (Å²) in [6.07, 6.45) is 8.38. The second-order valence-electron chi connectivity index (χ2n) is 10.6. The van der Waals surface area contributed by atoms with Crippen LogP contribution in [0.5, 0.6) is 0 Å². The minimum absolute atomic E-state index is 0.0498. The number of ether oxygens (including phenoxy) is 1. The Morgan fingerprint density at radius 1 is 1.07 bits per heavy atom. The lowest BCUT2D eigenvalue weighted by molar-refractivity contribution is -0.147. The van der Waals surface area contributed by atoms with Crippen molar-refractivity contribution in [1.82, 2.24) is 29.3 Å². The second-order valence-corrected chi connectivity index (χ2v) is 10.6. The smallest absolute Gasteiger partial charge is 0.308 e. The number of hydrogen-bond acceptors (Lipinski definition) is 7. The topological polar surface area (TPSA) is 104 Å². The van der Waals surface area contributed by atoms with Gasteiger partial charge in [0.15, 0.2) is 5.82 Å². The fraction of sp³-hybridized carbons (Fsp3) is 0.355. The predicted octanol–water partition coefficient (Wildman–Crippen LogP) is 4.58. The van der Waals surface area contributed by atoms with Crippen LogP contribution in [-0.4, -0.2) is 62.0 Å². The number of rotatable bonds is 9. The fourth-order valence-electron chi connectivity index (χ4n) is 5.82. The summed E-state index contributed by atoms with van der Waals surface area (Å²) >= 11 is 0. The van der Waals surface area contributed by atoms with Crippen LogP contribution >= 0.6 is 0 Å². The van der Waals surface area contributed by atoms with Crippen molar-refractivity contribution < 1.29 is 9.53 Å². The third-order valence-electron chi connectivity index (χ3n) is 7.99. The first-order chi connectivity index (χ1) is 19.6. The standard InChI is InChI=1S/C31H35N7O2/c1-40-31(39)23-12-15-36(16-13-23)14-6-5-9-26-18-27(29-30(32)33-21-34-38(26)29)24-10-11-25-20-37(35-28(25)17-24)19-22-7-3-2-4-8-22/h2-4,7-8,10-11,17-18,20-21,23H,5-6,9,12-16,19H2,1H3,(H2,32,33,34). The Balaban J connectivity index is 1.16. The molecule has 9 nitrogen and oxygen atoms in total. The highest BCUT2D eigenvalue weighted by Gasteiger charge is 2.25. The number of piperidine rings is 1. The number of nitrogen functional groups attached to an aromatic ring is 1. The minimum Gasteiger partial charge on any atom is -0.469 e. The number of anilines is 1. The predicted molar refractivity (Wildman–Crippen MR) is 156 cm³/mol. The fourth-order valence-corrected chi connectivity index (χ4v) is 5.82. The number of hydrogen-bond donors (Lipinski definition) is 1. The van der Waals surface area contributed by atoms with Crippen LogP contribution in [0, 0.1) is 5.92 Å². The molecular formula is C31H35N7O2. The van der Waals surface area contributed by atoms with Gasteiger partial charge < -0.3 is 15.4 Å². The van der Waals surface area contributed by atoms with E-state index in [-0.39, 0.29) is 11.9 Å². The van der Waals surface area contributed by atoms with E-state index in [4.69, 9.17) is 15.6 Å². The van der Waals surface area contributed by atoms with E-state index < -0.39 is 0 Å². The molecule has 1 saturated heterocycles. The Labute approximate surface area is 233 Å². The zero-order valence-electron chi connectivity index (χ0n) is 22.9. The zero-order chi connectivity index (χ0) is 27.5. The molecule has 5 aromatic rings. The van der Waals surface area contributed by atoms with E-state index in [2.05, 4.69) is 57.6 Å². The van der Waals surface area contributed by atoms with Crippen LogP contribution in [-0.2, 0) is 22.5 Å². The van der Waals surface area contributed by atoms with Gasteiger partial charge in [-0.25, -0.2) is 9.50 Å². The molecule has 0 unspecified atom stereocenters. The normalized spacial score (nSPS) is 14.7. The highest BCUT2D eigenvalue weighted by molar-refractivity contribution is 5.92. The van der Waals surface area contributed by atoms with E-state index >= 15 is 0 Å². The number of likely N-dealkylation sites (tertiary alicyclic amines) is 1. The van der Waals surface area contributed by atoms with Crippen LogP contribution in [0.15, 0.2) is 67.1 Å². The van der Waals surface area contributed by atoms with Gasteiger partial charge in [-0.2, -0.15) is 10.2 Å². The summed E-state index contributed by atoms with van der Waals surface area (Å²) in [7, 11) is 1.48. The van der Waals surface area contributed by atoms with Crippen LogP contribution in [0.1, 0.15) is 36.9 Å². The highest BCUT2D eigenvalue weighted by Crippen LogP contribution is 2.32. The Hall–Kier alpha value is -4.24. The number of unbranched alkanes of at least 4 members (excludes halogenated alkanes) is 1. The second kappa shape index (κ2) is 11.5. The average molecular weight is 538 g/mol. The maximum Gasteiger partial charge on any atom is 0.308 e. The highest BCUT2D eigenvalue weighted by atomic mass is 16.5. The van der Waals surface area contributed by atoms with E-state index in [0.29, 0.717) is 5.82 Å². The van der Waals surface area contributed by atoms with Crippen LogP contribution in [0.25, 0.3) is 27.5 Å². The van der Waals surface area contributed by atoms with Crippen molar-refractivity contribution in [2.45, 2.75) is 38.6 Å². The molecule has 1 fully saturated rings. The number of nitrogens with zero attached hydrogens (tertiary/aromatic N) is 6. The summed E-state index contributed by atoms with van der Waals surface area (Å²) in [6, 6.07) is 18.9. The largest absolute Gasteiger partial charge is 0.469 e. The van der Waals surface area contributed by atoms with Gasteiger partial charge in [-0.05, 0) is 75.0 Å². The molecule has 1 aliphatic rings. The third-order valence-corrected chi connectivity index (χ3v) is 7.99. The van der Waals surface area contributed by atoms with Gasteiger partial charge in [-0.15, -0.1) is 0 Å². The van der Waals surface area contributed by atoms with Crippen molar-refractivity contribution in [3.8, 4) is 11.1 Å². The van der Waals surface area contributed by atoms with Gasteiger partial charge in [0.05, 0.1) is 25.1 Å². The molecule has 3 aromatic heterocycles. The molecule has 0 saturated carbocycles. The van der Waals surface area contributed by atoms with Gasteiger partial charge in [0.1, 0.15) is 11.8 Å². The van der Waals surface area contributed by atoms with Crippen LogP contribution < -0.4 is 5.73 Å².